The average Bonchev–Trinajstić information content (AvgIpc) is 2.28. The lowest BCUT2D eigenvalue weighted by Crippen LogP contribution is -2.49. The molecule has 1 aliphatic rings. The number of carbonyl (C=O) groups excluding carboxylic acids is 1. The van der Waals surface area contributed by atoms with E-state index in [0.29, 0.717) is 25.8 Å². The lowest BCUT2D eigenvalue weighted by Gasteiger charge is -2.34. The summed E-state index contributed by atoms with van der Waals surface area (Å²) >= 11 is 0. The van der Waals surface area contributed by atoms with E-state index in [1.165, 1.54) is 0 Å². The number of amides is 1. The van der Waals surface area contributed by atoms with Crippen molar-refractivity contribution in [1.82, 2.24) is 5.32 Å². The van der Waals surface area contributed by atoms with Gasteiger partial charge < -0.3 is 11.1 Å². The van der Waals surface area contributed by atoms with Crippen molar-refractivity contribution in [3.63, 3.8) is 0 Å². The lowest BCUT2D eigenvalue weighted by atomic mass is 9.83. The Morgan fingerprint density at radius 1 is 1.39 bits per heavy atom. The van der Waals surface area contributed by atoms with Gasteiger partial charge in [0.2, 0.25) is 5.91 Å². The molecule has 0 saturated heterocycles. The second-order valence-corrected chi connectivity index (χ2v) is 5.03. The number of nitrogens with two attached hydrogens (primary N) is 1. The standard InChI is InChI=1S/C12H21F3N2O/c1-8(6-7-16)11(18)17-10-5-3-2-4-9(10)12(13,14)15/h8-10H,2-7,16H2,1H3,(H,17,18). The minimum absolute atomic E-state index is 0.111. The van der Waals surface area contributed by atoms with E-state index in [0.717, 1.165) is 6.42 Å². The fraction of sp³-hybridized carbons (Fsp3) is 0.917. The molecule has 3 unspecified atom stereocenters. The molecule has 1 amide bonds. The van der Waals surface area contributed by atoms with Crippen LogP contribution in [-0.2, 0) is 4.79 Å². The zero-order valence-corrected chi connectivity index (χ0v) is 10.6. The molecule has 3 nitrogen and oxygen atoms in total. The van der Waals surface area contributed by atoms with E-state index in [-0.39, 0.29) is 18.2 Å². The summed E-state index contributed by atoms with van der Waals surface area (Å²) in [6, 6.07) is -0.772. The van der Waals surface area contributed by atoms with E-state index in [4.69, 9.17) is 5.73 Å². The van der Waals surface area contributed by atoms with Crippen molar-refractivity contribution < 1.29 is 18.0 Å². The Morgan fingerprint density at radius 2 is 2.00 bits per heavy atom. The van der Waals surface area contributed by atoms with Gasteiger partial charge in [0.1, 0.15) is 0 Å². The van der Waals surface area contributed by atoms with Crippen LogP contribution >= 0.6 is 0 Å². The first kappa shape index (κ1) is 15.3. The molecule has 1 fully saturated rings. The predicted molar refractivity (Wildman–Crippen MR) is 62.8 cm³/mol. The number of hydrogen-bond donors (Lipinski definition) is 2. The number of carbonyl (C=O) groups is 1. The van der Waals surface area contributed by atoms with Crippen molar-refractivity contribution in [1.29, 1.82) is 0 Å². The number of halogens is 3. The number of rotatable bonds is 4. The zero-order valence-electron chi connectivity index (χ0n) is 10.6. The summed E-state index contributed by atoms with van der Waals surface area (Å²) < 4.78 is 38.5. The van der Waals surface area contributed by atoms with E-state index in [2.05, 4.69) is 5.32 Å². The molecule has 0 aromatic heterocycles. The minimum Gasteiger partial charge on any atom is -0.353 e. The Labute approximate surface area is 105 Å². The van der Waals surface area contributed by atoms with Gasteiger partial charge in [-0.2, -0.15) is 13.2 Å². The molecule has 1 saturated carbocycles. The van der Waals surface area contributed by atoms with Crippen LogP contribution in [0.5, 0.6) is 0 Å². The highest BCUT2D eigenvalue weighted by molar-refractivity contribution is 5.78. The van der Waals surface area contributed by atoms with Crippen LogP contribution < -0.4 is 11.1 Å². The summed E-state index contributed by atoms with van der Waals surface area (Å²) in [7, 11) is 0. The van der Waals surface area contributed by atoms with Crippen LogP contribution in [0.15, 0.2) is 0 Å². The van der Waals surface area contributed by atoms with Gasteiger partial charge in [0.05, 0.1) is 5.92 Å². The van der Waals surface area contributed by atoms with E-state index in [1.807, 2.05) is 0 Å². The average molecular weight is 266 g/mol. The van der Waals surface area contributed by atoms with Crippen molar-refractivity contribution in [2.45, 2.75) is 51.2 Å². The summed E-state index contributed by atoms with van der Waals surface area (Å²) in [5, 5.41) is 2.55. The van der Waals surface area contributed by atoms with E-state index < -0.39 is 18.1 Å². The van der Waals surface area contributed by atoms with Gasteiger partial charge in [-0.1, -0.05) is 19.8 Å². The van der Waals surface area contributed by atoms with Gasteiger partial charge in [0, 0.05) is 12.0 Å². The van der Waals surface area contributed by atoms with Gasteiger partial charge in [-0.25, -0.2) is 0 Å². The zero-order chi connectivity index (χ0) is 13.8. The van der Waals surface area contributed by atoms with Crippen molar-refractivity contribution in [3.05, 3.63) is 0 Å². The Morgan fingerprint density at radius 3 is 2.56 bits per heavy atom. The molecule has 0 spiro atoms. The quantitative estimate of drug-likeness (QED) is 0.819. The third-order valence-electron chi connectivity index (χ3n) is 3.56. The third kappa shape index (κ3) is 4.15. The fourth-order valence-corrected chi connectivity index (χ4v) is 2.40. The Balaban J connectivity index is 2.60. The molecule has 3 N–H and O–H groups in total. The minimum atomic E-state index is -4.23. The van der Waals surface area contributed by atoms with Crippen LogP contribution in [0.25, 0.3) is 0 Å². The van der Waals surface area contributed by atoms with Crippen LogP contribution in [-0.4, -0.2) is 24.7 Å². The first-order valence-corrected chi connectivity index (χ1v) is 6.43. The number of alkyl halides is 3. The first-order chi connectivity index (χ1) is 8.36. The van der Waals surface area contributed by atoms with Crippen LogP contribution in [0.2, 0.25) is 0 Å². The van der Waals surface area contributed by atoms with Crippen LogP contribution in [0, 0.1) is 11.8 Å². The van der Waals surface area contributed by atoms with Crippen LogP contribution in [0.3, 0.4) is 0 Å². The summed E-state index contributed by atoms with van der Waals surface area (Å²) in [6.45, 7) is 2.05. The second-order valence-electron chi connectivity index (χ2n) is 5.03. The highest BCUT2D eigenvalue weighted by Gasteiger charge is 2.46. The molecule has 0 aliphatic heterocycles. The largest absolute Gasteiger partial charge is 0.393 e. The summed E-state index contributed by atoms with van der Waals surface area (Å²) in [5.74, 6) is -2.05. The maximum atomic E-state index is 12.8. The fourth-order valence-electron chi connectivity index (χ4n) is 2.40. The number of hydrogen-bond acceptors (Lipinski definition) is 2. The van der Waals surface area contributed by atoms with Gasteiger partial charge in [-0.15, -0.1) is 0 Å². The molecule has 6 heteroatoms. The molecule has 18 heavy (non-hydrogen) atoms. The van der Waals surface area contributed by atoms with E-state index >= 15 is 0 Å². The maximum Gasteiger partial charge on any atom is 0.393 e. The monoisotopic (exact) mass is 266 g/mol. The van der Waals surface area contributed by atoms with E-state index in [9.17, 15) is 18.0 Å². The molecule has 0 aromatic rings. The molecule has 106 valence electrons. The molecule has 0 heterocycles. The Hall–Kier alpha value is -0.780. The highest BCUT2D eigenvalue weighted by atomic mass is 19.4. The smallest absolute Gasteiger partial charge is 0.353 e. The van der Waals surface area contributed by atoms with Crippen LogP contribution in [0.4, 0.5) is 13.2 Å². The summed E-state index contributed by atoms with van der Waals surface area (Å²) in [4.78, 5) is 11.7. The third-order valence-corrected chi connectivity index (χ3v) is 3.56. The molecule has 0 aromatic carbocycles. The van der Waals surface area contributed by atoms with Gasteiger partial charge >= 0.3 is 6.18 Å². The van der Waals surface area contributed by atoms with Gasteiger partial charge in [-0.3, -0.25) is 4.79 Å². The summed E-state index contributed by atoms with van der Waals surface area (Å²) in [5.41, 5.74) is 5.34. The molecule has 0 radical (unpaired) electrons. The van der Waals surface area contributed by atoms with Crippen molar-refractivity contribution in [3.8, 4) is 0 Å². The summed E-state index contributed by atoms with van der Waals surface area (Å²) in [6.07, 6.45) is -1.90. The lowest BCUT2D eigenvalue weighted by molar-refractivity contribution is -0.189. The van der Waals surface area contributed by atoms with Gasteiger partial charge in [-0.05, 0) is 25.8 Å². The highest BCUT2D eigenvalue weighted by Crippen LogP contribution is 2.37. The second kappa shape index (κ2) is 6.41. The van der Waals surface area contributed by atoms with Crippen molar-refractivity contribution in [2.24, 2.45) is 17.6 Å². The molecule has 3 atom stereocenters. The molecule has 0 bridgehead atoms. The molecular formula is C12H21F3N2O. The van der Waals surface area contributed by atoms with Gasteiger partial charge in [0.25, 0.3) is 0 Å². The predicted octanol–water partition coefficient (Wildman–Crippen LogP) is 2.21. The Bertz CT molecular complexity index is 281. The SMILES string of the molecule is CC(CCN)C(=O)NC1CCCCC1C(F)(F)F. The molecule has 1 aliphatic carbocycles. The van der Waals surface area contributed by atoms with Crippen molar-refractivity contribution in [2.75, 3.05) is 6.54 Å². The van der Waals surface area contributed by atoms with E-state index in [1.54, 1.807) is 6.92 Å². The Kier molecular flexibility index (Phi) is 5.44. The normalized spacial score (nSPS) is 26.7. The number of nitrogens with one attached hydrogen (secondary N) is 1. The first-order valence-electron chi connectivity index (χ1n) is 6.43. The van der Waals surface area contributed by atoms with Crippen LogP contribution in [0.1, 0.15) is 39.0 Å². The topological polar surface area (TPSA) is 55.1 Å². The molecular weight excluding hydrogens is 245 g/mol. The maximum absolute atomic E-state index is 12.8. The molecule has 1 rings (SSSR count). The van der Waals surface area contributed by atoms with Crippen molar-refractivity contribution >= 4 is 5.91 Å². The van der Waals surface area contributed by atoms with Gasteiger partial charge in [0.15, 0.2) is 0 Å².